The molecule has 3 rings (SSSR count). The summed E-state index contributed by atoms with van der Waals surface area (Å²) in [6.45, 7) is 15.3. The van der Waals surface area contributed by atoms with Crippen molar-refractivity contribution in [2.45, 2.75) is 6.10 Å². The first-order chi connectivity index (χ1) is 13.1. The van der Waals surface area contributed by atoms with Crippen molar-refractivity contribution in [2.75, 3.05) is 13.2 Å². The van der Waals surface area contributed by atoms with E-state index in [0.717, 1.165) is 17.2 Å². The van der Waals surface area contributed by atoms with Crippen LogP contribution in [0.3, 0.4) is 0 Å². The zero-order valence-electron chi connectivity index (χ0n) is 15.6. The van der Waals surface area contributed by atoms with Gasteiger partial charge in [0.2, 0.25) is 0 Å². The fourth-order valence-electron chi connectivity index (χ4n) is 1.87. The maximum atomic E-state index is 10.3. The quantitative estimate of drug-likeness (QED) is 0.391. The Labute approximate surface area is 162 Å². The van der Waals surface area contributed by atoms with Gasteiger partial charge in [0, 0.05) is 6.08 Å². The summed E-state index contributed by atoms with van der Waals surface area (Å²) in [5.41, 5.74) is 3.45. The zero-order chi connectivity index (χ0) is 19.9. The molecule has 0 spiro atoms. The SMILES string of the molecule is C=CC(=O)OCC1CO1.C=Cc1ccccc1.C=Cc1ccccc1C=C. The first-order valence-corrected chi connectivity index (χ1v) is 8.56. The van der Waals surface area contributed by atoms with Gasteiger partial charge in [0.25, 0.3) is 0 Å². The molecule has 0 radical (unpaired) electrons. The summed E-state index contributed by atoms with van der Waals surface area (Å²) < 4.78 is 9.42. The third-order valence-electron chi connectivity index (χ3n) is 3.45. The van der Waals surface area contributed by atoms with Gasteiger partial charge in [-0.15, -0.1) is 0 Å². The van der Waals surface area contributed by atoms with Crippen molar-refractivity contribution in [1.82, 2.24) is 0 Å². The molecule has 1 atom stereocenters. The van der Waals surface area contributed by atoms with Gasteiger partial charge < -0.3 is 9.47 Å². The molecule has 3 heteroatoms. The molecule has 0 saturated carbocycles. The van der Waals surface area contributed by atoms with Crippen LogP contribution in [-0.4, -0.2) is 25.3 Å². The summed E-state index contributed by atoms with van der Waals surface area (Å²) in [7, 11) is 0. The van der Waals surface area contributed by atoms with Crippen LogP contribution in [0.5, 0.6) is 0 Å². The molecule has 2 aromatic rings. The van der Waals surface area contributed by atoms with E-state index in [4.69, 9.17) is 4.74 Å². The second-order valence-corrected chi connectivity index (χ2v) is 5.44. The molecule has 140 valence electrons. The van der Waals surface area contributed by atoms with Crippen LogP contribution in [0.4, 0.5) is 0 Å². The summed E-state index contributed by atoms with van der Waals surface area (Å²) in [6, 6.07) is 18.0. The van der Waals surface area contributed by atoms with Gasteiger partial charge in [-0.1, -0.05) is 99.1 Å². The molecule has 1 saturated heterocycles. The molecule has 1 fully saturated rings. The molecule has 1 aliphatic rings. The van der Waals surface area contributed by atoms with Crippen LogP contribution in [0.15, 0.2) is 87.0 Å². The average Bonchev–Trinajstić information content (AvgIpc) is 3.58. The number of benzene rings is 2. The van der Waals surface area contributed by atoms with Crippen molar-refractivity contribution in [3.05, 3.63) is 104 Å². The van der Waals surface area contributed by atoms with Gasteiger partial charge >= 0.3 is 5.97 Å². The molecule has 1 unspecified atom stereocenters. The third kappa shape index (κ3) is 9.78. The van der Waals surface area contributed by atoms with Gasteiger partial charge in [-0.3, -0.25) is 0 Å². The van der Waals surface area contributed by atoms with E-state index in [9.17, 15) is 4.79 Å². The predicted octanol–water partition coefficient (Wildman–Crippen LogP) is 5.42. The minimum absolute atomic E-state index is 0.147. The number of esters is 1. The number of hydrogen-bond acceptors (Lipinski definition) is 3. The zero-order valence-corrected chi connectivity index (χ0v) is 15.6. The largest absolute Gasteiger partial charge is 0.460 e. The first kappa shape index (κ1) is 21.9. The van der Waals surface area contributed by atoms with E-state index in [1.165, 1.54) is 5.56 Å². The molecule has 0 aromatic heterocycles. The second kappa shape index (κ2) is 13.1. The molecule has 27 heavy (non-hydrogen) atoms. The van der Waals surface area contributed by atoms with Crippen molar-refractivity contribution in [2.24, 2.45) is 0 Å². The number of hydrogen-bond donors (Lipinski definition) is 0. The van der Waals surface area contributed by atoms with Crippen LogP contribution >= 0.6 is 0 Å². The Morgan fingerprint density at radius 2 is 1.44 bits per heavy atom. The highest BCUT2D eigenvalue weighted by molar-refractivity contribution is 5.81. The monoisotopic (exact) mass is 362 g/mol. The maximum Gasteiger partial charge on any atom is 0.330 e. The van der Waals surface area contributed by atoms with Crippen LogP contribution in [-0.2, 0) is 14.3 Å². The number of carbonyl (C=O) groups is 1. The fraction of sp³-hybridized carbons (Fsp3) is 0.125. The normalized spacial score (nSPS) is 13.4. The molecule has 0 N–H and O–H groups in total. The molecule has 0 bridgehead atoms. The maximum absolute atomic E-state index is 10.3. The molecule has 0 aliphatic carbocycles. The lowest BCUT2D eigenvalue weighted by atomic mass is 10.1. The van der Waals surface area contributed by atoms with Gasteiger partial charge in [0.1, 0.15) is 12.7 Å². The smallest absolute Gasteiger partial charge is 0.330 e. The molecular formula is C24H26O3. The standard InChI is InChI=1S/C10H10.C8H8.C6H8O3/c1-3-9-7-5-6-8-10(9)4-2;1-2-8-6-4-3-5-7-8;1-2-6(7)9-4-5-3-8-5/h3-8H,1-2H2;2-7H,1H2;2,5H,1,3-4H2. The number of ether oxygens (including phenoxy) is 2. The summed E-state index contributed by atoms with van der Waals surface area (Å²) in [4.78, 5) is 10.3. The van der Waals surface area contributed by atoms with Crippen molar-refractivity contribution in [3.63, 3.8) is 0 Å². The number of epoxide rings is 1. The van der Waals surface area contributed by atoms with Crippen molar-refractivity contribution >= 4 is 24.2 Å². The van der Waals surface area contributed by atoms with Gasteiger partial charge in [-0.05, 0) is 16.7 Å². The van der Waals surface area contributed by atoms with E-state index < -0.39 is 0 Å². The second-order valence-electron chi connectivity index (χ2n) is 5.44. The molecule has 0 amide bonds. The summed E-state index contributed by atoms with van der Waals surface area (Å²) in [6.07, 6.45) is 6.78. The van der Waals surface area contributed by atoms with E-state index in [2.05, 4.69) is 31.1 Å². The van der Waals surface area contributed by atoms with E-state index in [0.29, 0.717) is 13.2 Å². The van der Waals surface area contributed by atoms with Crippen LogP contribution in [0.25, 0.3) is 18.2 Å². The molecule has 3 nitrogen and oxygen atoms in total. The van der Waals surface area contributed by atoms with Crippen LogP contribution in [0.2, 0.25) is 0 Å². The highest BCUT2D eigenvalue weighted by Crippen LogP contribution is 2.10. The summed E-state index contributed by atoms with van der Waals surface area (Å²) >= 11 is 0. The minimum atomic E-state index is -0.384. The molecule has 1 heterocycles. The fourth-order valence-corrected chi connectivity index (χ4v) is 1.87. The first-order valence-electron chi connectivity index (χ1n) is 8.56. The average molecular weight is 362 g/mol. The van der Waals surface area contributed by atoms with Gasteiger partial charge in [-0.25, -0.2) is 4.79 Å². The van der Waals surface area contributed by atoms with Gasteiger partial charge in [-0.2, -0.15) is 0 Å². The van der Waals surface area contributed by atoms with Crippen molar-refractivity contribution in [3.8, 4) is 0 Å². The van der Waals surface area contributed by atoms with E-state index >= 15 is 0 Å². The predicted molar refractivity (Wildman–Crippen MR) is 114 cm³/mol. The van der Waals surface area contributed by atoms with Crippen molar-refractivity contribution < 1.29 is 14.3 Å². The van der Waals surface area contributed by atoms with Crippen LogP contribution in [0.1, 0.15) is 16.7 Å². The summed E-state index contributed by atoms with van der Waals surface area (Å²) in [5, 5.41) is 0. The Morgan fingerprint density at radius 1 is 0.926 bits per heavy atom. The topological polar surface area (TPSA) is 38.8 Å². The third-order valence-corrected chi connectivity index (χ3v) is 3.45. The minimum Gasteiger partial charge on any atom is -0.460 e. The Bertz CT molecular complexity index is 716. The Morgan fingerprint density at radius 3 is 1.81 bits per heavy atom. The van der Waals surface area contributed by atoms with Crippen LogP contribution < -0.4 is 0 Å². The highest BCUT2D eigenvalue weighted by Gasteiger charge is 2.23. The highest BCUT2D eigenvalue weighted by atomic mass is 16.6. The van der Waals surface area contributed by atoms with Gasteiger partial charge in [0.15, 0.2) is 0 Å². The van der Waals surface area contributed by atoms with E-state index in [1.807, 2.05) is 72.8 Å². The molecule has 1 aliphatic heterocycles. The summed E-state index contributed by atoms with van der Waals surface area (Å²) in [5.74, 6) is -0.384. The van der Waals surface area contributed by atoms with Crippen molar-refractivity contribution in [1.29, 1.82) is 0 Å². The lowest BCUT2D eigenvalue weighted by Crippen LogP contribution is -2.06. The molecular weight excluding hydrogens is 336 g/mol. The lowest BCUT2D eigenvalue weighted by molar-refractivity contribution is -0.138. The Hall–Kier alpha value is -3.17. The number of carbonyl (C=O) groups excluding carboxylic acids is 1. The van der Waals surface area contributed by atoms with Crippen LogP contribution in [0, 0.1) is 0 Å². The Kier molecular flexibility index (Phi) is 10.6. The van der Waals surface area contributed by atoms with Gasteiger partial charge in [0.05, 0.1) is 6.61 Å². The lowest BCUT2D eigenvalue weighted by Gasteiger charge is -1.96. The Balaban J connectivity index is 0.000000204. The van der Waals surface area contributed by atoms with E-state index in [1.54, 1.807) is 0 Å². The molecule has 2 aromatic carbocycles. The number of rotatable bonds is 6. The van der Waals surface area contributed by atoms with E-state index in [-0.39, 0.29) is 12.1 Å².